The number of carbonyl (C=O) groups is 1. The van der Waals surface area contributed by atoms with Crippen LogP contribution in [0.1, 0.15) is 42.1 Å². The number of nitrogens with one attached hydrogen (secondary N) is 1. The smallest absolute Gasteiger partial charge is 0.352 e. The van der Waals surface area contributed by atoms with E-state index < -0.39 is 29.0 Å². The fourth-order valence-corrected chi connectivity index (χ4v) is 1.62. The average Bonchev–Trinajstić information content (AvgIpc) is 2.32. The summed E-state index contributed by atoms with van der Waals surface area (Å²) >= 11 is 0. The first kappa shape index (κ1) is 15.5. The molecule has 1 rings (SSSR count). The van der Waals surface area contributed by atoms with E-state index in [-0.39, 0.29) is 6.54 Å². The Kier molecular flexibility index (Phi) is 5.32. The van der Waals surface area contributed by atoms with Crippen molar-refractivity contribution in [3.63, 3.8) is 0 Å². The highest BCUT2D eigenvalue weighted by Gasteiger charge is 2.35. The molecule has 1 aromatic rings. The molecule has 0 saturated carbocycles. The second-order valence-corrected chi connectivity index (χ2v) is 4.15. The van der Waals surface area contributed by atoms with Gasteiger partial charge in [-0.15, -0.1) is 0 Å². The maximum Gasteiger partial charge on any atom is 0.417 e. The summed E-state index contributed by atoms with van der Waals surface area (Å²) in [6, 6.07) is 1.88. The molecule has 0 spiro atoms. The van der Waals surface area contributed by atoms with Crippen molar-refractivity contribution < 1.29 is 22.4 Å². The van der Waals surface area contributed by atoms with Crippen molar-refractivity contribution in [1.29, 1.82) is 0 Å². The van der Waals surface area contributed by atoms with E-state index in [1.165, 1.54) is 0 Å². The van der Waals surface area contributed by atoms with Gasteiger partial charge in [0.15, 0.2) is 0 Å². The Labute approximate surface area is 108 Å². The first-order valence-corrected chi connectivity index (χ1v) is 6.01. The van der Waals surface area contributed by atoms with Gasteiger partial charge in [-0.2, -0.15) is 13.2 Å². The largest absolute Gasteiger partial charge is 0.417 e. The Bertz CT molecular complexity index is 443. The van der Waals surface area contributed by atoms with Gasteiger partial charge < -0.3 is 5.32 Å². The molecule has 106 valence electrons. The second kappa shape index (κ2) is 6.54. The van der Waals surface area contributed by atoms with E-state index in [9.17, 15) is 22.4 Å². The van der Waals surface area contributed by atoms with E-state index in [4.69, 9.17) is 0 Å². The molecule has 0 unspecified atom stereocenters. The number of alkyl halides is 3. The number of benzene rings is 1. The molecule has 0 saturated heterocycles. The Balaban J connectivity index is 2.86. The van der Waals surface area contributed by atoms with Crippen LogP contribution in [0.5, 0.6) is 0 Å². The predicted molar refractivity (Wildman–Crippen MR) is 63.3 cm³/mol. The van der Waals surface area contributed by atoms with Gasteiger partial charge in [-0.25, -0.2) is 4.39 Å². The van der Waals surface area contributed by atoms with Crippen molar-refractivity contribution in [3.05, 3.63) is 35.1 Å². The Morgan fingerprint density at radius 1 is 1.26 bits per heavy atom. The van der Waals surface area contributed by atoms with Crippen molar-refractivity contribution in [2.75, 3.05) is 6.54 Å². The van der Waals surface area contributed by atoms with Gasteiger partial charge in [0.1, 0.15) is 5.82 Å². The molecule has 19 heavy (non-hydrogen) atoms. The number of hydrogen-bond donors (Lipinski definition) is 1. The predicted octanol–water partition coefficient (Wildman–Crippen LogP) is 3.76. The summed E-state index contributed by atoms with van der Waals surface area (Å²) in [6.07, 6.45) is -2.19. The second-order valence-electron chi connectivity index (χ2n) is 4.15. The normalized spacial score (nSPS) is 11.4. The first-order chi connectivity index (χ1) is 8.86. The molecule has 0 fully saturated rings. The highest BCUT2D eigenvalue weighted by Crippen LogP contribution is 2.32. The summed E-state index contributed by atoms with van der Waals surface area (Å²) in [6.45, 7) is 2.25. The van der Waals surface area contributed by atoms with E-state index in [0.29, 0.717) is 24.6 Å². The molecular formula is C13H15F4NO. The van der Waals surface area contributed by atoms with Crippen LogP contribution >= 0.6 is 0 Å². The summed E-state index contributed by atoms with van der Waals surface area (Å²) in [5, 5.41) is 2.37. The summed E-state index contributed by atoms with van der Waals surface area (Å²) < 4.78 is 51.0. The molecule has 1 amide bonds. The fourth-order valence-electron chi connectivity index (χ4n) is 1.62. The number of rotatable bonds is 5. The first-order valence-electron chi connectivity index (χ1n) is 6.01. The standard InChI is InChI=1S/C13H15F4NO/c1-2-3-4-7-18-12(19)10-8-9(14)5-6-11(10)13(15,16)17/h5-6,8H,2-4,7H2,1H3,(H,18,19). The van der Waals surface area contributed by atoms with E-state index in [1.807, 2.05) is 6.92 Å². The number of halogens is 4. The average molecular weight is 277 g/mol. The fraction of sp³-hybridized carbons (Fsp3) is 0.462. The summed E-state index contributed by atoms with van der Waals surface area (Å²) in [5.74, 6) is -1.77. The van der Waals surface area contributed by atoms with Gasteiger partial charge in [0.25, 0.3) is 5.91 Å². The third-order valence-electron chi connectivity index (χ3n) is 2.60. The van der Waals surface area contributed by atoms with E-state index >= 15 is 0 Å². The number of carbonyl (C=O) groups excluding carboxylic acids is 1. The minimum absolute atomic E-state index is 0.278. The molecule has 0 atom stereocenters. The molecule has 0 radical (unpaired) electrons. The van der Waals surface area contributed by atoms with E-state index in [0.717, 1.165) is 12.8 Å². The van der Waals surface area contributed by atoms with Crippen LogP contribution < -0.4 is 5.32 Å². The zero-order valence-electron chi connectivity index (χ0n) is 10.5. The van der Waals surface area contributed by atoms with Crippen LogP contribution in [-0.2, 0) is 6.18 Å². The Hall–Kier alpha value is -1.59. The van der Waals surface area contributed by atoms with Crippen molar-refractivity contribution in [1.82, 2.24) is 5.32 Å². The lowest BCUT2D eigenvalue weighted by Gasteiger charge is -2.12. The Morgan fingerprint density at radius 3 is 2.53 bits per heavy atom. The van der Waals surface area contributed by atoms with Gasteiger partial charge >= 0.3 is 6.18 Å². The summed E-state index contributed by atoms with van der Waals surface area (Å²) in [5.41, 5.74) is -1.80. The van der Waals surface area contributed by atoms with Gasteiger partial charge in [-0.05, 0) is 24.6 Å². The lowest BCUT2D eigenvalue weighted by atomic mass is 10.1. The minimum atomic E-state index is -4.68. The molecule has 0 aromatic heterocycles. The molecule has 0 bridgehead atoms. The summed E-state index contributed by atoms with van der Waals surface area (Å²) in [7, 11) is 0. The van der Waals surface area contributed by atoms with Crippen molar-refractivity contribution >= 4 is 5.91 Å². The molecule has 1 aromatic carbocycles. The summed E-state index contributed by atoms with van der Waals surface area (Å²) in [4.78, 5) is 11.6. The molecule has 0 aliphatic carbocycles. The maximum absolute atomic E-state index is 13.0. The quantitative estimate of drug-likeness (QED) is 0.644. The van der Waals surface area contributed by atoms with Crippen molar-refractivity contribution in [2.45, 2.75) is 32.4 Å². The van der Waals surface area contributed by atoms with Gasteiger partial charge in [-0.3, -0.25) is 4.79 Å². The highest BCUT2D eigenvalue weighted by molar-refractivity contribution is 5.95. The molecule has 0 heterocycles. The third kappa shape index (κ3) is 4.54. The SMILES string of the molecule is CCCCCNC(=O)c1cc(F)ccc1C(F)(F)F. The number of amides is 1. The van der Waals surface area contributed by atoms with Gasteiger partial charge in [0.2, 0.25) is 0 Å². The van der Waals surface area contributed by atoms with E-state index in [2.05, 4.69) is 5.32 Å². The molecule has 0 aliphatic rings. The topological polar surface area (TPSA) is 29.1 Å². The van der Waals surface area contributed by atoms with Gasteiger partial charge in [0, 0.05) is 6.54 Å². The van der Waals surface area contributed by atoms with E-state index in [1.54, 1.807) is 0 Å². The van der Waals surface area contributed by atoms with Crippen LogP contribution in [0.2, 0.25) is 0 Å². The molecule has 0 aliphatic heterocycles. The van der Waals surface area contributed by atoms with Gasteiger partial charge in [0.05, 0.1) is 11.1 Å². The van der Waals surface area contributed by atoms with Crippen LogP contribution in [0.4, 0.5) is 17.6 Å². The number of unbranched alkanes of at least 4 members (excludes halogenated alkanes) is 2. The zero-order chi connectivity index (χ0) is 14.5. The van der Waals surface area contributed by atoms with Crippen LogP contribution in [0.25, 0.3) is 0 Å². The van der Waals surface area contributed by atoms with Crippen LogP contribution in [0.3, 0.4) is 0 Å². The van der Waals surface area contributed by atoms with Crippen molar-refractivity contribution in [3.8, 4) is 0 Å². The third-order valence-corrected chi connectivity index (χ3v) is 2.60. The highest BCUT2D eigenvalue weighted by atomic mass is 19.4. The lowest BCUT2D eigenvalue weighted by Crippen LogP contribution is -2.27. The molecule has 1 N–H and O–H groups in total. The van der Waals surface area contributed by atoms with Crippen molar-refractivity contribution in [2.24, 2.45) is 0 Å². The van der Waals surface area contributed by atoms with Crippen LogP contribution in [0.15, 0.2) is 18.2 Å². The molecule has 6 heteroatoms. The zero-order valence-corrected chi connectivity index (χ0v) is 10.5. The molecular weight excluding hydrogens is 262 g/mol. The maximum atomic E-state index is 13.0. The lowest BCUT2D eigenvalue weighted by molar-refractivity contribution is -0.138. The Morgan fingerprint density at radius 2 is 1.95 bits per heavy atom. The minimum Gasteiger partial charge on any atom is -0.352 e. The van der Waals surface area contributed by atoms with Crippen LogP contribution in [-0.4, -0.2) is 12.5 Å². The number of hydrogen-bond acceptors (Lipinski definition) is 1. The van der Waals surface area contributed by atoms with Gasteiger partial charge in [-0.1, -0.05) is 19.8 Å². The van der Waals surface area contributed by atoms with Crippen LogP contribution in [0, 0.1) is 5.82 Å². The monoisotopic (exact) mass is 277 g/mol. The molecule has 2 nitrogen and oxygen atoms in total.